The first kappa shape index (κ1) is 33.1. The zero-order valence-corrected chi connectivity index (χ0v) is 26.5. The van der Waals surface area contributed by atoms with Gasteiger partial charge in [-0.15, -0.1) is 0 Å². The van der Waals surface area contributed by atoms with Gasteiger partial charge in [-0.25, -0.2) is 9.37 Å². The average Bonchev–Trinajstić information content (AvgIpc) is 3.46. The lowest BCUT2D eigenvalue weighted by Crippen LogP contribution is -2.35. The number of anilines is 2. The second kappa shape index (κ2) is 15.3. The van der Waals surface area contributed by atoms with Crippen LogP contribution < -0.4 is 26.0 Å². The number of benzene rings is 2. The molecule has 4 aromatic rings. The summed E-state index contributed by atoms with van der Waals surface area (Å²) in [4.78, 5) is 30.9. The van der Waals surface area contributed by atoms with Crippen molar-refractivity contribution in [2.24, 2.45) is 0 Å². The number of carboxylic acid groups (broad SMARTS) is 1. The van der Waals surface area contributed by atoms with Crippen molar-refractivity contribution < 1.29 is 23.8 Å². The fourth-order valence-electron chi connectivity index (χ4n) is 5.19. The van der Waals surface area contributed by atoms with Crippen LogP contribution in [0.1, 0.15) is 30.4 Å². The van der Waals surface area contributed by atoms with Gasteiger partial charge in [-0.1, -0.05) is 47.5 Å². The third-order valence-electron chi connectivity index (χ3n) is 7.58. The minimum Gasteiger partial charge on any atom is -0.496 e. The number of ether oxygens (including phenoxy) is 1. The molecule has 0 bridgehead atoms. The number of hydrogen-bond donors (Lipinski definition) is 5. The number of amides is 1. The summed E-state index contributed by atoms with van der Waals surface area (Å²) in [6.45, 7) is 1.58. The molecule has 1 atom stereocenters. The molecule has 1 amide bonds. The molecule has 0 aliphatic carbocycles. The largest absolute Gasteiger partial charge is 0.496 e. The first-order chi connectivity index (χ1) is 22.2. The summed E-state index contributed by atoms with van der Waals surface area (Å²) in [5.74, 6) is -0.777. The van der Waals surface area contributed by atoms with Gasteiger partial charge in [-0.05, 0) is 30.7 Å². The van der Waals surface area contributed by atoms with E-state index >= 15 is 4.39 Å². The summed E-state index contributed by atoms with van der Waals surface area (Å²) in [5, 5.41) is 21.7. The van der Waals surface area contributed by atoms with Crippen molar-refractivity contribution in [1.29, 1.82) is 0 Å². The van der Waals surface area contributed by atoms with Gasteiger partial charge < -0.3 is 31.1 Å². The predicted octanol–water partition coefficient (Wildman–Crippen LogP) is 5.94. The number of carbonyl (C=O) groups is 2. The molecule has 46 heavy (non-hydrogen) atoms. The quantitative estimate of drug-likeness (QED) is 0.104. The maximum Gasteiger partial charge on any atom is 0.304 e. The Hall–Kier alpha value is -4.29. The monoisotopic (exact) mass is 666 g/mol. The number of nitrogens with one attached hydrogen (secondary N) is 4. The van der Waals surface area contributed by atoms with Crippen LogP contribution in [-0.4, -0.2) is 53.2 Å². The molecule has 0 unspecified atom stereocenters. The summed E-state index contributed by atoms with van der Waals surface area (Å²) >= 11 is 13.8. The number of halogens is 3. The second-order valence-electron chi connectivity index (χ2n) is 10.7. The number of carboxylic acids is 1. The molecule has 240 valence electrons. The van der Waals surface area contributed by atoms with Crippen LogP contribution in [0.15, 0.2) is 60.9 Å². The van der Waals surface area contributed by atoms with Crippen LogP contribution in [0.3, 0.4) is 0 Å². The third-order valence-corrected chi connectivity index (χ3v) is 8.37. The number of hydrogen-bond acceptors (Lipinski definition) is 8. The topological polar surface area (TPSA) is 138 Å². The molecule has 1 saturated heterocycles. The van der Waals surface area contributed by atoms with Gasteiger partial charge in [0.05, 0.1) is 35.0 Å². The van der Waals surface area contributed by atoms with Gasteiger partial charge >= 0.3 is 5.97 Å². The predicted molar refractivity (Wildman–Crippen MR) is 176 cm³/mol. The zero-order chi connectivity index (χ0) is 32.6. The number of carbonyl (C=O) groups excluding carboxylic acids is 1. The van der Waals surface area contributed by atoms with E-state index in [4.69, 9.17) is 33.0 Å². The Kier molecular flexibility index (Phi) is 11.0. The van der Waals surface area contributed by atoms with Crippen molar-refractivity contribution in [2.45, 2.75) is 38.4 Å². The van der Waals surface area contributed by atoms with Crippen LogP contribution in [0.4, 0.5) is 15.9 Å². The van der Waals surface area contributed by atoms with E-state index in [9.17, 15) is 9.59 Å². The molecule has 3 heterocycles. The molecular weight excluding hydrogens is 634 g/mol. The lowest BCUT2D eigenvalue weighted by Gasteiger charge is -2.16. The van der Waals surface area contributed by atoms with Crippen molar-refractivity contribution >= 4 is 46.6 Å². The minimum atomic E-state index is -0.935. The Labute approximate surface area is 275 Å². The maximum absolute atomic E-state index is 15.3. The summed E-state index contributed by atoms with van der Waals surface area (Å²) in [5.41, 5.74) is 4.23. The van der Waals surface area contributed by atoms with Crippen LogP contribution >= 0.6 is 23.2 Å². The highest BCUT2D eigenvalue weighted by Crippen LogP contribution is 2.41. The van der Waals surface area contributed by atoms with Crippen LogP contribution in [0.2, 0.25) is 10.0 Å². The summed E-state index contributed by atoms with van der Waals surface area (Å²) < 4.78 is 20.9. The molecule has 2 aromatic heterocycles. The SMILES string of the molecule is COc1cc(-c2nccc(-c3cccc(Nc4nccc(CNCCC(=O)O)c4F)c3Cl)c2Cl)ccc1CNC[C@@H]1CCC(=O)N1. The molecule has 2 aromatic carbocycles. The zero-order valence-electron chi connectivity index (χ0n) is 25.0. The van der Waals surface area contributed by atoms with Crippen molar-refractivity contribution in [3.63, 3.8) is 0 Å². The molecule has 5 N–H and O–H groups in total. The molecule has 1 aliphatic heterocycles. The van der Waals surface area contributed by atoms with E-state index in [0.717, 1.165) is 17.5 Å². The number of aliphatic carboxylic acids is 1. The minimum absolute atomic E-state index is 0.0206. The molecule has 1 aliphatic rings. The average molecular weight is 668 g/mol. The first-order valence-electron chi connectivity index (χ1n) is 14.7. The van der Waals surface area contributed by atoms with E-state index in [2.05, 4.69) is 31.2 Å². The fourth-order valence-corrected chi connectivity index (χ4v) is 5.79. The van der Waals surface area contributed by atoms with E-state index in [1.165, 1.54) is 12.3 Å². The second-order valence-corrected chi connectivity index (χ2v) is 11.5. The van der Waals surface area contributed by atoms with Gasteiger partial charge in [0, 0.05) is 78.9 Å². The Morgan fingerprint density at radius 1 is 1.04 bits per heavy atom. The summed E-state index contributed by atoms with van der Waals surface area (Å²) in [7, 11) is 1.60. The van der Waals surface area contributed by atoms with Crippen molar-refractivity contribution in [3.8, 4) is 28.1 Å². The summed E-state index contributed by atoms with van der Waals surface area (Å²) in [6, 6.07) is 14.5. The molecule has 0 spiro atoms. The number of aromatic nitrogens is 2. The molecule has 5 rings (SSSR count). The lowest BCUT2D eigenvalue weighted by atomic mass is 10.0. The van der Waals surface area contributed by atoms with E-state index in [1.807, 2.05) is 24.3 Å². The standard InChI is InChI=1S/C33H33Cl2FN6O4/c1-46-26-15-19(5-6-20(26)16-38-18-22-7-8-27(43)41-22)32-30(35)24(10-14-39-32)23-3-2-4-25(29(23)34)42-33-31(36)21(9-13-40-33)17-37-12-11-28(44)45/h2-6,9-10,13-15,22,37-38H,7-8,11-12,16-18H2,1H3,(H,40,42)(H,41,43)(H,44,45)/t22-/m0/s1. The molecular formula is C33H33Cl2FN6O4. The smallest absolute Gasteiger partial charge is 0.304 e. The number of methoxy groups -OCH3 is 1. The van der Waals surface area contributed by atoms with E-state index in [-0.39, 0.29) is 37.3 Å². The van der Waals surface area contributed by atoms with Gasteiger partial charge in [0.1, 0.15) is 5.75 Å². The Morgan fingerprint density at radius 2 is 1.83 bits per heavy atom. The van der Waals surface area contributed by atoms with Crippen LogP contribution in [0.25, 0.3) is 22.4 Å². The van der Waals surface area contributed by atoms with Gasteiger partial charge in [0.25, 0.3) is 0 Å². The van der Waals surface area contributed by atoms with Crippen molar-refractivity contribution in [1.82, 2.24) is 25.9 Å². The summed E-state index contributed by atoms with van der Waals surface area (Å²) in [6.07, 6.45) is 4.42. The molecule has 0 radical (unpaired) electrons. The Bertz CT molecular complexity index is 1740. The van der Waals surface area contributed by atoms with Crippen molar-refractivity contribution in [2.75, 3.05) is 25.5 Å². The van der Waals surface area contributed by atoms with Gasteiger partial charge in [0.2, 0.25) is 5.91 Å². The maximum atomic E-state index is 15.3. The van der Waals surface area contributed by atoms with Crippen LogP contribution in [-0.2, 0) is 22.7 Å². The van der Waals surface area contributed by atoms with E-state index in [0.29, 0.717) is 63.4 Å². The highest BCUT2D eigenvalue weighted by atomic mass is 35.5. The normalized spacial score (nSPS) is 14.3. The molecule has 10 nitrogen and oxygen atoms in total. The lowest BCUT2D eigenvalue weighted by molar-refractivity contribution is -0.136. The molecule has 13 heteroatoms. The fraction of sp³-hybridized carbons (Fsp3) is 0.273. The van der Waals surface area contributed by atoms with E-state index < -0.39 is 11.8 Å². The van der Waals surface area contributed by atoms with E-state index in [1.54, 1.807) is 31.5 Å². The number of pyridine rings is 2. The van der Waals surface area contributed by atoms with Crippen LogP contribution in [0.5, 0.6) is 5.75 Å². The highest BCUT2D eigenvalue weighted by molar-refractivity contribution is 6.39. The Balaban J connectivity index is 1.34. The molecule has 0 saturated carbocycles. The Morgan fingerprint density at radius 3 is 2.59 bits per heavy atom. The molecule has 1 fully saturated rings. The van der Waals surface area contributed by atoms with Gasteiger partial charge in [0.15, 0.2) is 11.6 Å². The van der Waals surface area contributed by atoms with Crippen molar-refractivity contribution in [3.05, 3.63) is 87.9 Å². The van der Waals surface area contributed by atoms with Gasteiger partial charge in [-0.3, -0.25) is 14.6 Å². The van der Waals surface area contributed by atoms with Gasteiger partial charge in [-0.2, -0.15) is 0 Å². The highest BCUT2D eigenvalue weighted by Gasteiger charge is 2.21. The number of nitrogens with zero attached hydrogens (tertiary/aromatic N) is 2. The third kappa shape index (κ3) is 7.91. The first-order valence-corrected chi connectivity index (χ1v) is 15.4. The van der Waals surface area contributed by atoms with Crippen LogP contribution in [0, 0.1) is 5.82 Å². The number of rotatable bonds is 14.